The van der Waals surface area contributed by atoms with Gasteiger partial charge in [0.25, 0.3) is 0 Å². The Kier molecular flexibility index (Phi) is 6.20. The smallest absolute Gasteiger partial charge is 0.326 e. The van der Waals surface area contributed by atoms with Crippen molar-refractivity contribution in [1.29, 1.82) is 0 Å². The fraction of sp³-hybridized carbons (Fsp3) is 0.292. The fourth-order valence-electron chi connectivity index (χ4n) is 3.98. The highest BCUT2D eigenvalue weighted by Gasteiger charge is 2.31. The quantitative estimate of drug-likeness (QED) is 0.447. The van der Waals surface area contributed by atoms with Crippen LogP contribution in [-0.4, -0.2) is 39.7 Å². The predicted octanol–water partition coefficient (Wildman–Crippen LogP) is 4.00. The van der Waals surface area contributed by atoms with Crippen molar-refractivity contribution < 1.29 is 18.8 Å². The Morgan fingerprint density at radius 1 is 1.31 bits per heavy atom. The topological polar surface area (TPSA) is 105 Å². The first-order valence-corrected chi connectivity index (χ1v) is 10.5. The molecule has 2 atom stereocenters. The molecule has 7 nitrogen and oxygen atoms in total. The van der Waals surface area contributed by atoms with E-state index < -0.39 is 12.0 Å². The van der Waals surface area contributed by atoms with Gasteiger partial charge in [0.1, 0.15) is 18.4 Å². The molecule has 0 radical (unpaired) electrons. The summed E-state index contributed by atoms with van der Waals surface area (Å²) in [6.45, 7) is 2.64. The normalized spacial score (nSPS) is 17.5. The second-order valence-corrected chi connectivity index (χ2v) is 7.91. The number of carbonyl (C=O) groups is 1. The molecule has 1 saturated heterocycles. The van der Waals surface area contributed by atoms with Gasteiger partial charge in [0.2, 0.25) is 0 Å². The molecule has 1 aromatic heterocycles. The van der Waals surface area contributed by atoms with Gasteiger partial charge in [-0.3, -0.25) is 0 Å². The highest BCUT2D eigenvalue weighted by atomic mass is 19.1. The molecule has 1 fully saturated rings. The molecule has 2 heterocycles. The highest BCUT2D eigenvalue weighted by molar-refractivity contribution is 5.85. The van der Waals surface area contributed by atoms with Gasteiger partial charge in [-0.25, -0.2) is 14.2 Å². The molecule has 0 spiro atoms. The van der Waals surface area contributed by atoms with Crippen molar-refractivity contribution in [1.82, 2.24) is 10.1 Å². The number of guanidine groups is 1. The number of rotatable bonds is 6. The minimum absolute atomic E-state index is 0.149. The molecule has 4 rings (SSSR count). The van der Waals surface area contributed by atoms with Crippen LogP contribution in [0.5, 0.6) is 0 Å². The molecule has 1 aliphatic heterocycles. The van der Waals surface area contributed by atoms with E-state index in [4.69, 9.17) is 10.3 Å². The summed E-state index contributed by atoms with van der Waals surface area (Å²) in [5, 5.41) is 13.4. The van der Waals surface area contributed by atoms with Gasteiger partial charge in [-0.2, -0.15) is 0 Å². The van der Waals surface area contributed by atoms with Crippen molar-refractivity contribution in [2.45, 2.75) is 38.3 Å². The first-order chi connectivity index (χ1) is 15.4. The lowest BCUT2D eigenvalue weighted by Crippen LogP contribution is -2.44. The number of likely N-dealkylation sites (tertiary alicyclic amines) is 1. The van der Waals surface area contributed by atoms with Gasteiger partial charge in [-0.1, -0.05) is 54.5 Å². The summed E-state index contributed by atoms with van der Waals surface area (Å²) in [6.07, 6.45) is 1.31. The molecule has 32 heavy (non-hydrogen) atoms. The van der Waals surface area contributed by atoms with Crippen LogP contribution in [0.1, 0.15) is 42.7 Å². The lowest BCUT2D eigenvalue weighted by Gasteiger charge is -2.21. The molecule has 2 aromatic carbocycles. The molecule has 0 saturated carbocycles. The number of carboxylic acids is 1. The number of carboxylic acid groups (broad SMARTS) is 1. The van der Waals surface area contributed by atoms with Gasteiger partial charge in [0, 0.05) is 24.1 Å². The van der Waals surface area contributed by atoms with E-state index >= 15 is 0 Å². The number of aliphatic carboxylic acids is 1. The Morgan fingerprint density at radius 2 is 2.09 bits per heavy atom. The highest BCUT2D eigenvalue weighted by Crippen LogP contribution is 2.29. The third kappa shape index (κ3) is 4.49. The minimum atomic E-state index is -0.901. The summed E-state index contributed by atoms with van der Waals surface area (Å²) >= 11 is 0. The fourth-order valence-corrected chi connectivity index (χ4v) is 3.98. The number of hydrogen-bond donors (Lipinski definition) is 2. The summed E-state index contributed by atoms with van der Waals surface area (Å²) in [7, 11) is 0. The van der Waals surface area contributed by atoms with E-state index in [0.717, 1.165) is 17.5 Å². The number of halogens is 1. The maximum Gasteiger partial charge on any atom is 0.326 e. The van der Waals surface area contributed by atoms with E-state index in [1.807, 2.05) is 43.3 Å². The Morgan fingerprint density at radius 3 is 2.81 bits per heavy atom. The summed E-state index contributed by atoms with van der Waals surface area (Å²) in [5.74, 6) is -0.688. The first-order valence-electron chi connectivity index (χ1n) is 10.5. The summed E-state index contributed by atoms with van der Waals surface area (Å²) in [4.78, 5) is 17.2. The third-order valence-corrected chi connectivity index (χ3v) is 5.83. The monoisotopic (exact) mass is 436 g/mol. The van der Waals surface area contributed by atoms with Crippen LogP contribution in [0.4, 0.5) is 4.39 Å². The Bertz CT molecular complexity index is 1130. The van der Waals surface area contributed by atoms with Crippen LogP contribution in [0, 0.1) is 5.82 Å². The van der Waals surface area contributed by atoms with Gasteiger partial charge in [-0.15, -0.1) is 0 Å². The van der Waals surface area contributed by atoms with Gasteiger partial charge in [0.05, 0.1) is 5.69 Å². The summed E-state index contributed by atoms with van der Waals surface area (Å²) in [5.41, 5.74) is 8.82. The SMILES string of the molecule is CC(c1ccc(-c2ccccc2)c(F)c1)c1cc(C/N=C(\N)N2CCCC2C(=O)O)on1. The average Bonchev–Trinajstić information content (AvgIpc) is 3.47. The molecule has 166 valence electrons. The molecular weight excluding hydrogens is 411 g/mol. The van der Waals surface area contributed by atoms with Crippen LogP contribution in [0.2, 0.25) is 0 Å². The maximum atomic E-state index is 14.7. The van der Waals surface area contributed by atoms with E-state index in [1.165, 1.54) is 6.07 Å². The Balaban J connectivity index is 1.45. The van der Waals surface area contributed by atoms with Crippen molar-refractivity contribution in [3.8, 4) is 11.1 Å². The predicted molar refractivity (Wildman–Crippen MR) is 119 cm³/mol. The summed E-state index contributed by atoms with van der Waals surface area (Å²) in [6, 6.07) is 15.7. The van der Waals surface area contributed by atoms with Crippen molar-refractivity contribution in [3.63, 3.8) is 0 Å². The van der Waals surface area contributed by atoms with Gasteiger partial charge in [-0.05, 0) is 30.0 Å². The molecule has 8 heteroatoms. The number of hydrogen-bond acceptors (Lipinski definition) is 4. The maximum absolute atomic E-state index is 14.7. The largest absolute Gasteiger partial charge is 0.480 e. The zero-order valence-corrected chi connectivity index (χ0v) is 17.7. The zero-order valence-electron chi connectivity index (χ0n) is 17.7. The molecule has 0 aliphatic carbocycles. The van der Waals surface area contributed by atoms with Crippen molar-refractivity contribution in [3.05, 3.63) is 77.4 Å². The van der Waals surface area contributed by atoms with Crippen LogP contribution in [0.25, 0.3) is 11.1 Å². The molecule has 0 bridgehead atoms. The second-order valence-electron chi connectivity index (χ2n) is 7.91. The minimum Gasteiger partial charge on any atom is -0.480 e. The summed E-state index contributed by atoms with van der Waals surface area (Å²) < 4.78 is 20.1. The van der Waals surface area contributed by atoms with E-state index in [-0.39, 0.29) is 24.2 Å². The Labute approximate surface area is 185 Å². The van der Waals surface area contributed by atoms with Gasteiger partial charge in [0.15, 0.2) is 11.7 Å². The van der Waals surface area contributed by atoms with E-state index in [0.29, 0.717) is 30.0 Å². The van der Waals surface area contributed by atoms with E-state index in [9.17, 15) is 14.3 Å². The molecule has 3 N–H and O–H groups in total. The second kappa shape index (κ2) is 9.21. The van der Waals surface area contributed by atoms with Crippen LogP contribution >= 0.6 is 0 Å². The van der Waals surface area contributed by atoms with Crippen LogP contribution in [0.3, 0.4) is 0 Å². The standard InChI is InChI=1S/C24H25FN4O3/c1-15(17-9-10-19(20(25)12-17)16-6-3-2-4-7-16)21-13-18(32-28-21)14-27-24(26)29-11-5-8-22(29)23(30)31/h2-4,6-7,9-10,12-13,15,22H,5,8,11,14H2,1H3,(H2,26,27)(H,30,31). The molecule has 1 aliphatic rings. The van der Waals surface area contributed by atoms with Crippen molar-refractivity contribution >= 4 is 11.9 Å². The van der Waals surface area contributed by atoms with Gasteiger partial charge < -0.3 is 20.3 Å². The van der Waals surface area contributed by atoms with Crippen LogP contribution in [-0.2, 0) is 11.3 Å². The third-order valence-electron chi connectivity index (χ3n) is 5.83. The number of aliphatic imine (C=N–C) groups is 1. The van der Waals surface area contributed by atoms with Gasteiger partial charge >= 0.3 is 5.97 Å². The molecule has 0 amide bonds. The van der Waals surface area contributed by atoms with Crippen molar-refractivity contribution in [2.75, 3.05) is 6.54 Å². The molecule has 3 aromatic rings. The Hall–Kier alpha value is -3.68. The van der Waals surface area contributed by atoms with Crippen LogP contribution in [0.15, 0.2) is 64.1 Å². The van der Waals surface area contributed by atoms with Crippen LogP contribution < -0.4 is 5.73 Å². The molecular formula is C24H25FN4O3. The van der Waals surface area contributed by atoms with E-state index in [1.54, 1.807) is 17.0 Å². The number of aromatic nitrogens is 1. The lowest BCUT2D eigenvalue weighted by atomic mass is 9.94. The first kappa shape index (κ1) is 21.5. The van der Waals surface area contributed by atoms with E-state index in [2.05, 4.69) is 10.1 Å². The number of nitrogens with two attached hydrogens (primary N) is 1. The average molecular weight is 436 g/mol. The van der Waals surface area contributed by atoms with Crippen molar-refractivity contribution in [2.24, 2.45) is 10.7 Å². The molecule has 2 unspecified atom stereocenters. The zero-order chi connectivity index (χ0) is 22.7. The lowest BCUT2D eigenvalue weighted by molar-refractivity contribution is -0.140. The number of benzene rings is 2. The number of nitrogens with zero attached hydrogens (tertiary/aromatic N) is 3.